The first-order valence-electron chi connectivity index (χ1n) is 9.46. The zero-order chi connectivity index (χ0) is 20.5. The number of methoxy groups -OCH3 is 1. The molecule has 0 saturated carbocycles. The highest BCUT2D eigenvalue weighted by atomic mass is 32.1. The minimum Gasteiger partial charge on any atom is -0.496 e. The lowest BCUT2D eigenvalue weighted by Crippen LogP contribution is -2.55. The highest BCUT2D eigenvalue weighted by Crippen LogP contribution is 2.36. The van der Waals surface area contributed by atoms with Gasteiger partial charge < -0.3 is 29.9 Å². The molecule has 1 fully saturated rings. The van der Waals surface area contributed by atoms with Gasteiger partial charge in [0, 0.05) is 16.0 Å². The summed E-state index contributed by atoms with van der Waals surface area (Å²) in [6.07, 6.45) is -5.24. The summed E-state index contributed by atoms with van der Waals surface area (Å²) in [5.41, 5.74) is 1.58. The average Bonchev–Trinajstić information content (AvgIpc) is 3.14. The van der Waals surface area contributed by atoms with E-state index < -0.39 is 37.1 Å². The summed E-state index contributed by atoms with van der Waals surface area (Å²) in [5.74, 6) is 0.718. The van der Waals surface area contributed by atoms with Gasteiger partial charge in [0.15, 0.2) is 0 Å². The molecule has 2 heterocycles. The molecular formula is C22H24O6S. The summed E-state index contributed by atoms with van der Waals surface area (Å²) in [5, 5.41) is 41.2. The summed E-state index contributed by atoms with van der Waals surface area (Å²) >= 11 is 1.72. The average molecular weight is 416 g/mol. The van der Waals surface area contributed by atoms with Crippen LogP contribution < -0.4 is 4.74 Å². The van der Waals surface area contributed by atoms with Crippen molar-refractivity contribution in [3.8, 4) is 5.75 Å². The third kappa shape index (κ3) is 3.90. The molecule has 2 aromatic carbocycles. The maximum absolute atomic E-state index is 10.4. The van der Waals surface area contributed by atoms with Crippen molar-refractivity contribution in [2.24, 2.45) is 0 Å². The number of fused-ring (bicyclic) bond motifs is 1. The fourth-order valence-corrected chi connectivity index (χ4v) is 4.89. The van der Waals surface area contributed by atoms with Crippen LogP contribution in [-0.4, -0.2) is 58.6 Å². The van der Waals surface area contributed by atoms with Gasteiger partial charge in [0.2, 0.25) is 0 Å². The van der Waals surface area contributed by atoms with Gasteiger partial charge in [-0.25, -0.2) is 0 Å². The molecule has 0 radical (unpaired) electrons. The van der Waals surface area contributed by atoms with Crippen LogP contribution in [0.15, 0.2) is 48.5 Å². The van der Waals surface area contributed by atoms with Crippen molar-refractivity contribution in [1.82, 2.24) is 0 Å². The van der Waals surface area contributed by atoms with E-state index in [9.17, 15) is 20.4 Å². The number of benzene rings is 2. The standard InChI is InChI=1S/C22H24O6S/c1-27-16-7-6-13(22-21(26)20(25)19(24)17(11-23)28-22)8-14(16)10-15-9-12-4-2-3-5-18(12)29-15/h2-9,17,19-26H,10-11H2,1H3/t17?,19-,20+,21-,22?/m1/s1. The Morgan fingerprint density at radius 1 is 1.00 bits per heavy atom. The zero-order valence-corrected chi connectivity index (χ0v) is 16.7. The molecule has 4 N–H and O–H groups in total. The quantitative estimate of drug-likeness (QED) is 0.508. The molecule has 7 heteroatoms. The second-order valence-electron chi connectivity index (χ2n) is 7.25. The Labute approximate surface area is 172 Å². The van der Waals surface area contributed by atoms with Crippen LogP contribution in [0.4, 0.5) is 0 Å². The van der Waals surface area contributed by atoms with Crippen LogP contribution in [0, 0.1) is 0 Å². The van der Waals surface area contributed by atoms with Crippen molar-refractivity contribution in [2.75, 3.05) is 13.7 Å². The minimum atomic E-state index is -1.40. The summed E-state index contributed by atoms with van der Waals surface area (Å²) in [6, 6.07) is 15.8. The van der Waals surface area contributed by atoms with E-state index in [1.807, 2.05) is 18.2 Å². The van der Waals surface area contributed by atoms with E-state index in [4.69, 9.17) is 9.47 Å². The van der Waals surface area contributed by atoms with Crippen LogP contribution in [-0.2, 0) is 11.2 Å². The molecule has 154 valence electrons. The fraction of sp³-hybridized carbons (Fsp3) is 0.364. The molecule has 0 bridgehead atoms. The topological polar surface area (TPSA) is 99.4 Å². The summed E-state index contributed by atoms with van der Waals surface area (Å²) in [7, 11) is 1.61. The van der Waals surface area contributed by atoms with Crippen molar-refractivity contribution >= 4 is 21.4 Å². The lowest BCUT2D eigenvalue weighted by molar-refractivity contribution is -0.231. The Morgan fingerprint density at radius 3 is 2.52 bits per heavy atom. The van der Waals surface area contributed by atoms with E-state index in [-0.39, 0.29) is 0 Å². The van der Waals surface area contributed by atoms with E-state index in [2.05, 4.69) is 18.2 Å². The number of aliphatic hydroxyl groups is 4. The Balaban J connectivity index is 1.65. The smallest absolute Gasteiger partial charge is 0.122 e. The number of rotatable bonds is 5. The number of thiophene rings is 1. The highest BCUT2D eigenvalue weighted by Gasteiger charge is 2.44. The summed E-state index contributed by atoms with van der Waals surface area (Å²) in [6.45, 7) is -0.452. The minimum absolute atomic E-state index is 0.452. The van der Waals surface area contributed by atoms with E-state index in [1.165, 1.54) is 15.0 Å². The normalized spacial score (nSPS) is 27.3. The predicted molar refractivity (Wildman–Crippen MR) is 110 cm³/mol. The van der Waals surface area contributed by atoms with Crippen LogP contribution in [0.25, 0.3) is 10.1 Å². The van der Waals surface area contributed by atoms with Gasteiger partial charge in [-0.2, -0.15) is 0 Å². The van der Waals surface area contributed by atoms with Crippen LogP contribution in [0.3, 0.4) is 0 Å². The zero-order valence-electron chi connectivity index (χ0n) is 15.9. The molecule has 1 aromatic heterocycles. The van der Waals surface area contributed by atoms with E-state index in [0.717, 1.165) is 11.3 Å². The van der Waals surface area contributed by atoms with Crippen LogP contribution in [0.1, 0.15) is 22.1 Å². The van der Waals surface area contributed by atoms with Gasteiger partial charge in [0.25, 0.3) is 0 Å². The first kappa shape index (κ1) is 20.3. The molecule has 4 rings (SSSR count). The third-order valence-corrected chi connectivity index (χ3v) is 6.48. The maximum atomic E-state index is 10.4. The van der Waals surface area contributed by atoms with Crippen LogP contribution in [0.2, 0.25) is 0 Å². The van der Waals surface area contributed by atoms with E-state index >= 15 is 0 Å². The lowest BCUT2D eigenvalue weighted by Gasteiger charge is -2.40. The molecule has 29 heavy (non-hydrogen) atoms. The van der Waals surface area contributed by atoms with Gasteiger partial charge >= 0.3 is 0 Å². The molecule has 1 aliphatic heterocycles. The first-order valence-corrected chi connectivity index (χ1v) is 10.3. The molecule has 2 unspecified atom stereocenters. The Hall–Kier alpha value is -2.00. The largest absolute Gasteiger partial charge is 0.496 e. The molecule has 0 spiro atoms. The van der Waals surface area contributed by atoms with Gasteiger partial charge in [0.05, 0.1) is 13.7 Å². The third-order valence-electron chi connectivity index (χ3n) is 5.37. The second kappa shape index (κ2) is 8.39. The van der Waals surface area contributed by atoms with Crippen molar-refractivity contribution in [1.29, 1.82) is 0 Å². The molecule has 0 aliphatic carbocycles. The first-order chi connectivity index (χ1) is 14.0. The second-order valence-corrected chi connectivity index (χ2v) is 8.42. The highest BCUT2D eigenvalue weighted by molar-refractivity contribution is 7.19. The number of hydrogen-bond acceptors (Lipinski definition) is 7. The summed E-state index contributed by atoms with van der Waals surface area (Å²) in [4.78, 5) is 1.18. The van der Waals surface area contributed by atoms with E-state index in [1.54, 1.807) is 30.6 Å². The monoisotopic (exact) mass is 416 g/mol. The number of hydrogen-bond donors (Lipinski definition) is 4. The van der Waals surface area contributed by atoms with Crippen LogP contribution in [0.5, 0.6) is 5.75 Å². The fourth-order valence-electron chi connectivity index (χ4n) is 3.80. The van der Waals surface area contributed by atoms with Crippen molar-refractivity contribution in [2.45, 2.75) is 36.9 Å². The molecular weight excluding hydrogens is 392 g/mol. The Morgan fingerprint density at radius 2 is 1.79 bits per heavy atom. The van der Waals surface area contributed by atoms with Crippen molar-refractivity contribution < 1.29 is 29.9 Å². The van der Waals surface area contributed by atoms with Gasteiger partial charge in [0.1, 0.15) is 36.3 Å². The van der Waals surface area contributed by atoms with E-state index in [0.29, 0.717) is 12.0 Å². The SMILES string of the molecule is COc1ccc(C2OC(CO)[C@@H](O)[C@H](O)[C@H]2O)cc1Cc1cc2ccccc2s1. The molecule has 6 nitrogen and oxygen atoms in total. The van der Waals surface area contributed by atoms with Crippen molar-refractivity contribution in [3.05, 3.63) is 64.5 Å². The predicted octanol–water partition coefficient (Wildman–Crippen LogP) is 2.02. The Kier molecular flexibility index (Phi) is 5.87. The van der Waals surface area contributed by atoms with Gasteiger partial charge in [-0.3, -0.25) is 0 Å². The number of ether oxygens (including phenoxy) is 2. The molecule has 1 aliphatic rings. The molecule has 3 aromatic rings. The Bertz CT molecular complexity index is 951. The maximum Gasteiger partial charge on any atom is 0.122 e. The molecule has 5 atom stereocenters. The van der Waals surface area contributed by atoms with Crippen LogP contribution >= 0.6 is 11.3 Å². The van der Waals surface area contributed by atoms with Gasteiger partial charge in [-0.1, -0.05) is 24.3 Å². The summed E-state index contributed by atoms with van der Waals surface area (Å²) < 4.78 is 12.4. The van der Waals surface area contributed by atoms with Gasteiger partial charge in [-0.05, 0) is 40.8 Å². The van der Waals surface area contributed by atoms with Crippen molar-refractivity contribution in [3.63, 3.8) is 0 Å². The molecule has 1 saturated heterocycles. The van der Waals surface area contributed by atoms with Gasteiger partial charge in [-0.15, -0.1) is 11.3 Å². The molecule has 0 amide bonds. The lowest BCUT2D eigenvalue weighted by atomic mass is 9.90. The number of aliphatic hydroxyl groups excluding tert-OH is 4.